The molecule has 0 radical (unpaired) electrons. The van der Waals surface area contributed by atoms with Gasteiger partial charge in [0.15, 0.2) is 6.29 Å². The molecule has 0 atom stereocenters. The maximum atomic E-state index is 10.9. The number of hydrogen-bond donors (Lipinski definition) is 1. The molecule has 0 fully saturated rings. The summed E-state index contributed by atoms with van der Waals surface area (Å²) in [6.07, 6.45) is 0.747. The van der Waals surface area contributed by atoms with E-state index in [2.05, 4.69) is 0 Å². The number of fused-ring (bicyclic) bond motifs is 1. The van der Waals surface area contributed by atoms with Gasteiger partial charge < -0.3 is 9.84 Å². The van der Waals surface area contributed by atoms with Crippen molar-refractivity contribution in [3.63, 3.8) is 0 Å². The topological polar surface area (TPSA) is 46.5 Å². The van der Waals surface area contributed by atoms with Crippen molar-refractivity contribution in [2.45, 2.75) is 0 Å². The van der Waals surface area contributed by atoms with Gasteiger partial charge in [0.05, 0.1) is 17.4 Å². The van der Waals surface area contributed by atoms with E-state index in [-0.39, 0.29) is 5.75 Å². The van der Waals surface area contributed by atoms with Crippen LogP contribution in [0.2, 0.25) is 0 Å². The maximum Gasteiger partial charge on any atom is 0.155 e. The molecule has 0 saturated carbocycles. The number of aldehydes is 1. The molecule has 0 amide bonds. The highest BCUT2D eigenvalue weighted by Gasteiger charge is 2.12. The highest BCUT2D eigenvalue weighted by Crippen LogP contribution is 2.37. The minimum atomic E-state index is 0.142. The largest absolute Gasteiger partial charge is 0.507 e. The second-order valence-corrected chi connectivity index (χ2v) is 3.71. The number of rotatable bonds is 2. The molecule has 2 aromatic rings. The summed E-state index contributed by atoms with van der Waals surface area (Å²) in [6.45, 7) is 0. The summed E-state index contributed by atoms with van der Waals surface area (Å²) >= 11 is 1.41. The lowest BCUT2D eigenvalue weighted by Crippen LogP contribution is -1.90. The molecule has 2 rings (SSSR count). The Morgan fingerprint density at radius 3 is 3.00 bits per heavy atom. The first-order valence-corrected chi connectivity index (χ1v) is 4.88. The van der Waals surface area contributed by atoms with Crippen LogP contribution in [0.4, 0.5) is 0 Å². The number of hydrogen-bond acceptors (Lipinski definition) is 4. The Balaban J connectivity index is 2.88. The number of benzene rings is 1. The Morgan fingerprint density at radius 1 is 1.57 bits per heavy atom. The van der Waals surface area contributed by atoms with Gasteiger partial charge in [0.2, 0.25) is 0 Å². The van der Waals surface area contributed by atoms with Crippen molar-refractivity contribution in [2.75, 3.05) is 7.11 Å². The summed E-state index contributed by atoms with van der Waals surface area (Å²) < 4.78 is 5.77. The lowest BCUT2D eigenvalue weighted by molar-refractivity contribution is 0.112. The molecule has 3 nitrogen and oxygen atoms in total. The molecule has 0 bridgehead atoms. The van der Waals surface area contributed by atoms with Crippen LogP contribution < -0.4 is 4.74 Å². The Bertz CT molecular complexity index is 487. The van der Waals surface area contributed by atoms with E-state index >= 15 is 0 Å². The molecule has 14 heavy (non-hydrogen) atoms. The third-order valence-electron chi connectivity index (χ3n) is 2.06. The fraction of sp³-hybridized carbons (Fsp3) is 0.100. The molecule has 1 aromatic carbocycles. The van der Waals surface area contributed by atoms with E-state index in [1.165, 1.54) is 24.5 Å². The Labute approximate surface area is 84.6 Å². The number of thiophene rings is 1. The quantitative estimate of drug-likeness (QED) is 0.771. The van der Waals surface area contributed by atoms with Crippen LogP contribution in [0.25, 0.3) is 10.1 Å². The van der Waals surface area contributed by atoms with Crippen molar-refractivity contribution in [3.05, 3.63) is 23.1 Å². The van der Waals surface area contributed by atoms with E-state index in [1.807, 2.05) is 5.38 Å². The summed E-state index contributed by atoms with van der Waals surface area (Å²) in [4.78, 5) is 10.9. The van der Waals surface area contributed by atoms with Crippen molar-refractivity contribution >= 4 is 27.7 Å². The monoisotopic (exact) mass is 208 g/mol. The summed E-state index contributed by atoms with van der Waals surface area (Å²) in [5.74, 6) is 0.552. The van der Waals surface area contributed by atoms with Crippen molar-refractivity contribution in [3.8, 4) is 11.5 Å². The molecule has 1 aromatic heterocycles. The van der Waals surface area contributed by atoms with Gasteiger partial charge in [-0.25, -0.2) is 0 Å². The predicted molar refractivity (Wildman–Crippen MR) is 55.4 cm³/mol. The lowest BCUT2D eigenvalue weighted by Gasteiger charge is -2.05. The molecular weight excluding hydrogens is 200 g/mol. The van der Waals surface area contributed by atoms with Crippen LogP contribution in [0, 0.1) is 0 Å². The van der Waals surface area contributed by atoms with Gasteiger partial charge in [-0.05, 0) is 11.4 Å². The van der Waals surface area contributed by atoms with Crippen LogP contribution in [-0.4, -0.2) is 18.5 Å². The van der Waals surface area contributed by atoms with Gasteiger partial charge in [-0.3, -0.25) is 4.79 Å². The minimum Gasteiger partial charge on any atom is -0.507 e. The zero-order valence-corrected chi connectivity index (χ0v) is 8.30. The van der Waals surface area contributed by atoms with Crippen molar-refractivity contribution in [1.29, 1.82) is 0 Å². The van der Waals surface area contributed by atoms with Crippen LogP contribution in [0.3, 0.4) is 0 Å². The summed E-state index contributed by atoms with van der Waals surface area (Å²) in [5.41, 5.74) is 0.496. The Kier molecular flexibility index (Phi) is 2.13. The molecule has 0 saturated heterocycles. The summed E-state index contributed by atoms with van der Waals surface area (Å²) in [5, 5.41) is 12.1. The maximum absolute atomic E-state index is 10.9. The smallest absolute Gasteiger partial charge is 0.155 e. The van der Waals surface area contributed by atoms with E-state index in [0.717, 1.165) is 11.0 Å². The third-order valence-corrected chi connectivity index (χ3v) is 3.00. The first-order valence-electron chi connectivity index (χ1n) is 4.00. The van der Waals surface area contributed by atoms with Gasteiger partial charge in [0.1, 0.15) is 11.5 Å². The predicted octanol–water partition coefficient (Wildman–Crippen LogP) is 2.43. The highest BCUT2D eigenvalue weighted by atomic mass is 32.1. The Hall–Kier alpha value is -1.55. The second kappa shape index (κ2) is 3.31. The number of phenolic OH excluding ortho intramolecular Hbond substituents is 1. The Morgan fingerprint density at radius 2 is 2.36 bits per heavy atom. The van der Waals surface area contributed by atoms with Gasteiger partial charge >= 0.3 is 0 Å². The number of methoxy groups -OCH3 is 1. The van der Waals surface area contributed by atoms with Crippen LogP contribution in [-0.2, 0) is 0 Å². The number of carbonyl (C=O) groups excluding carboxylic acids is 1. The SMILES string of the molecule is COc1cc(O)c2ccsc2c1C=O. The molecule has 1 heterocycles. The van der Waals surface area contributed by atoms with E-state index < -0.39 is 0 Å². The van der Waals surface area contributed by atoms with E-state index in [4.69, 9.17) is 4.74 Å². The fourth-order valence-corrected chi connectivity index (χ4v) is 2.31. The molecule has 4 heteroatoms. The second-order valence-electron chi connectivity index (χ2n) is 2.79. The first-order chi connectivity index (χ1) is 6.77. The van der Waals surface area contributed by atoms with Gasteiger partial charge in [-0.1, -0.05) is 0 Å². The minimum absolute atomic E-state index is 0.142. The van der Waals surface area contributed by atoms with Gasteiger partial charge in [0, 0.05) is 11.5 Å². The van der Waals surface area contributed by atoms with E-state index in [9.17, 15) is 9.90 Å². The average molecular weight is 208 g/mol. The standard InChI is InChI=1S/C10H8O3S/c1-13-9-4-8(12)6-2-3-14-10(6)7(9)5-11/h2-5,12H,1H3. The third kappa shape index (κ3) is 1.15. The molecule has 1 N–H and O–H groups in total. The van der Waals surface area contributed by atoms with Crippen molar-refractivity contribution < 1.29 is 14.6 Å². The van der Waals surface area contributed by atoms with E-state index in [0.29, 0.717) is 16.7 Å². The van der Waals surface area contributed by atoms with E-state index in [1.54, 1.807) is 6.07 Å². The number of carbonyl (C=O) groups is 1. The molecule has 0 spiro atoms. The normalized spacial score (nSPS) is 10.4. The van der Waals surface area contributed by atoms with Gasteiger partial charge in [0.25, 0.3) is 0 Å². The lowest BCUT2D eigenvalue weighted by atomic mass is 10.1. The number of ether oxygens (including phenoxy) is 1. The molecular formula is C10H8O3S. The zero-order chi connectivity index (χ0) is 10.1. The van der Waals surface area contributed by atoms with Gasteiger partial charge in [-0.2, -0.15) is 0 Å². The summed E-state index contributed by atoms with van der Waals surface area (Å²) in [6, 6.07) is 3.24. The van der Waals surface area contributed by atoms with Crippen molar-refractivity contribution in [1.82, 2.24) is 0 Å². The molecule has 0 aliphatic carbocycles. The van der Waals surface area contributed by atoms with Crippen LogP contribution >= 0.6 is 11.3 Å². The molecule has 0 unspecified atom stereocenters. The molecule has 72 valence electrons. The number of phenols is 1. The average Bonchev–Trinajstić information content (AvgIpc) is 2.66. The summed E-state index contributed by atoms with van der Waals surface area (Å²) in [7, 11) is 1.47. The van der Waals surface area contributed by atoms with Crippen LogP contribution in [0.15, 0.2) is 17.5 Å². The van der Waals surface area contributed by atoms with Gasteiger partial charge in [-0.15, -0.1) is 11.3 Å². The highest BCUT2D eigenvalue weighted by molar-refractivity contribution is 7.17. The first kappa shape index (κ1) is 9.02. The van der Waals surface area contributed by atoms with Crippen LogP contribution in [0.1, 0.15) is 10.4 Å². The number of aromatic hydroxyl groups is 1. The fourth-order valence-electron chi connectivity index (χ4n) is 1.39. The molecule has 0 aliphatic rings. The van der Waals surface area contributed by atoms with Crippen molar-refractivity contribution in [2.24, 2.45) is 0 Å². The molecule has 0 aliphatic heterocycles. The zero-order valence-electron chi connectivity index (χ0n) is 7.48. The van der Waals surface area contributed by atoms with Crippen LogP contribution in [0.5, 0.6) is 11.5 Å².